The Labute approximate surface area is 102 Å². The van der Waals surface area contributed by atoms with Gasteiger partial charge in [0.05, 0.1) is 20.1 Å². The first-order valence-electron chi connectivity index (χ1n) is 6.53. The highest BCUT2D eigenvalue weighted by atomic mass is 16.7. The fraction of sp³-hybridized carbons (Fsp3) is 0.571. The second kappa shape index (κ2) is 3.16. The minimum absolute atomic E-state index is 0.384. The van der Waals surface area contributed by atoms with Gasteiger partial charge >= 0.3 is 0 Å². The predicted octanol–water partition coefficient (Wildman–Crippen LogP) is 2.25. The summed E-state index contributed by atoms with van der Waals surface area (Å²) in [5.74, 6) is 1.89. The lowest BCUT2D eigenvalue weighted by Gasteiger charge is -2.41. The van der Waals surface area contributed by atoms with Crippen molar-refractivity contribution in [1.82, 2.24) is 0 Å². The number of hydrogen-bond donors (Lipinski definition) is 0. The molecule has 4 rings (SSSR count). The third-order valence-corrected chi connectivity index (χ3v) is 4.78. The van der Waals surface area contributed by atoms with Crippen LogP contribution in [0.4, 0.5) is 0 Å². The SMILES string of the molecule is C[N+]12CCCC1c1cc3c(cc1CC2)OCO3. The number of hydrogen-bond acceptors (Lipinski definition) is 2. The van der Waals surface area contributed by atoms with E-state index in [0.717, 1.165) is 11.5 Å². The summed E-state index contributed by atoms with van der Waals surface area (Å²) >= 11 is 0. The Bertz CT molecular complexity index is 485. The van der Waals surface area contributed by atoms with Crippen molar-refractivity contribution < 1.29 is 14.0 Å². The van der Waals surface area contributed by atoms with Crippen LogP contribution in [0.15, 0.2) is 12.1 Å². The predicted molar refractivity (Wildman–Crippen MR) is 64.2 cm³/mol. The molecule has 1 aromatic carbocycles. The van der Waals surface area contributed by atoms with Gasteiger partial charge < -0.3 is 14.0 Å². The molecule has 0 aliphatic carbocycles. The summed E-state index contributed by atoms with van der Waals surface area (Å²) in [6, 6.07) is 5.14. The van der Waals surface area contributed by atoms with E-state index in [2.05, 4.69) is 19.2 Å². The van der Waals surface area contributed by atoms with Gasteiger partial charge in [-0.25, -0.2) is 0 Å². The summed E-state index contributed by atoms with van der Waals surface area (Å²) < 4.78 is 12.2. The van der Waals surface area contributed by atoms with Gasteiger partial charge in [-0.1, -0.05) is 0 Å². The molecule has 90 valence electrons. The fourth-order valence-electron chi connectivity index (χ4n) is 3.77. The molecule has 0 bridgehead atoms. The van der Waals surface area contributed by atoms with E-state index in [-0.39, 0.29) is 0 Å². The normalized spacial score (nSPS) is 33.4. The highest BCUT2D eigenvalue weighted by Crippen LogP contribution is 2.46. The van der Waals surface area contributed by atoms with Gasteiger partial charge in [0.2, 0.25) is 6.79 Å². The van der Waals surface area contributed by atoms with Crippen molar-refractivity contribution in [2.75, 3.05) is 26.9 Å². The molecule has 3 heterocycles. The van der Waals surface area contributed by atoms with Gasteiger partial charge in [-0.3, -0.25) is 0 Å². The van der Waals surface area contributed by atoms with E-state index < -0.39 is 0 Å². The van der Waals surface area contributed by atoms with E-state index in [9.17, 15) is 0 Å². The third kappa shape index (κ3) is 1.26. The van der Waals surface area contributed by atoms with Gasteiger partial charge in [0.1, 0.15) is 6.04 Å². The fourth-order valence-corrected chi connectivity index (χ4v) is 3.77. The largest absolute Gasteiger partial charge is 0.454 e. The molecule has 17 heavy (non-hydrogen) atoms. The summed E-state index contributed by atoms with van der Waals surface area (Å²) in [5, 5.41) is 0. The van der Waals surface area contributed by atoms with Gasteiger partial charge in [0.15, 0.2) is 11.5 Å². The summed E-state index contributed by atoms with van der Waals surface area (Å²) in [4.78, 5) is 0. The molecular weight excluding hydrogens is 214 g/mol. The molecule has 2 atom stereocenters. The number of likely N-dealkylation sites (N-methyl/N-ethyl adjacent to an activating group) is 1. The molecule has 3 nitrogen and oxygen atoms in total. The zero-order chi connectivity index (χ0) is 11.5. The minimum atomic E-state index is 0.384. The van der Waals surface area contributed by atoms with Crippen LogP contribution in [0.2, 0.25) is 0 Å². The molecule has 3 heteroatoms. The number of fused-ring (bicyclic) bond motifs is 4. The van der Waals surface area contributed by atoms with E-state index in [1.54, 1.807) is 0 Å². The van der Waals surface area contributed by atoms with Crippen molar-refractivity contribution in [1.29, 1.82) is 0 Å². The van der Waals surface area contributed by atoms with E-state index >= 15 is 0 Å². The molecule has 0 aromatic heterocycles. The maximum absolute atomic E-state index is 5.52. The summed E-state index contributed by atoms with van der Waals surface area (Å²) in [5.41, 5.74) is 3.00. The molecule has 3 aliphatic rings. The van der Waals surface area contributed by atoms with Crippen LogP contribution in [0.25, 0.3) is 0 Å². The lowest BCUT2D eigenvalue weighted by atomic mass is 9.91. The van der Waals surface area contributed by atoms with Crippen LogP contribution in [-0.4, -0.2) is 31.4 Å². The first-order valence-corrected chi connectivity index (χ1v) is 6.53. The van der Waals surface area contributed by atoms with Crippen molar-refractivity contribution in [3.8, 4) is 11.5 Å². The summed E-state index contributed by atoms with van der Waals surface area (Å²) in [6.45, 7) is 2.99. The zero-order valence-corrected chi connectivity index (χ0v) is 10.2. The maximum atomic E-state index is 5.52. The highest BCUT2D eigenvalue weighted by molar-refractivity contribution is 5.50. The van der Waals surface area contributed by atoms with Gasteiger partial charge in [-0.05, 0) is 17.7 Å². The van der Waals surface area contributed by atoms with Crippen molar-refractivity contribution in [3.05, 3.63) is 23.3 Å². The van der Waals surface area contributed by atoms with Crippen LogP contribution < -0.4 is 9.47 Å². The molecule has 3 aliphatic heterocycles. The molecule has 1 saturated heterocycles. The van der Waals surface area contributed by atoms with Crippen molar-refractivity contribution in [3.63, 3.8) is 0 Å². The van der Waals surface area contributed by atoms with Crippen molar-refractivity contribution in [2.24, 2.45) is 0 Å². The quantitative estimate of drug-likeness (QED) is 0.639. The topological polar surface area (TPSA) is 18.5 Å². The maximum Gasteiger partial charge on any atom is 0.231 e. The van der Waals surface area contributed by atoms with Gasteiger partial charge in [0, 0.05) is 24.8 Å². The standard InChI is InChI=1S/C14H18NO2/c1-15-5-2-3-12(15)11-8-14-13(16-9-17-14)7-10(11)4-6-15/h7-8,12H,2-6,9H2,1H3/q+1. The lowest BCUT2D eigenvalue weighted by Crippen LogP contribution is -2.47. The number of quaternary nitrogens is 1. The number of nitrogens with zero attached hydrogens (tertiary/aromatic N) is 1. The van der Waals surface area contributed by atoms with Gasteiger partial charge in [-0.15, -0.1) is 0 Å². The molecule has 0 saturated carbocycles. The lowest BCUT2D eigenvalue weighted by molar-refractivity contribution is -0.928. The van der Waals surface area contributed by atoms with Crippen LogP contribution in [0.5, 0.6) is 11.5 Å². The Hall–Kier alpha value is -1.22. The first kappa shape index (κ1) is 9.77. The van der Waals surface area contributed by atoms with E-state index in [0.29, 0.717) is 12.8 Å². The summed E-state index contributed by atoms with van der Waals surface area (Å²) in [6.07, 6.45) is 3.86. The Morgan fingerprint density at radius 1 is 1.18 bits per heavy atom. The van der Waals surface area contributed by atoms with Crippen LogP contribution in [-0.2, 0) is 6.42 Å². The van der Waals surface area contributed by atoms with E-state index in [1.165, 1.54) is 48.0 Å². The Morgan fingerprint density at radius 2 is 2.00 bits per heavy atom. The third-order valence-electron chi connectivity index (χ3n) is 4.78. The van der Waals surface area contributed by atoms with Crippen LogP contribution in [0.1, 0.15) is 30.0 Å². The average Bonchev–Trinajstić information content (AvgIpc) is 2.91. The van der Waals surface area contributed by atoms with Crippen molar-refractivity contribution >= 4 is 0 Å². The number of ether oxygens (including phenoxy) is 2. The monoisotopic (exact) mass is 232 g/mol. The van der Waals surface area contributed by atoms with E-state index in [4.69, 9.17) is 9.47 Å². The van der Waals surface area contributed by atoms with Crippen LogP contribution >= 0.6 is 0 Å². The molecular formula is C14H18NO2+. The average molecular weight is 232 g/mol. The number of benzene rings is 1. The van der Waals surface area contributed by atoms with E-state index in [1.807, 2.05) is 0 Å². The molecule has 0 radical (unpaired) electrons. The Kier molecular flexibility index (Phi) is 1.82. The summed E-state index contributed by atoms with van der Waals surface area (Å²) in [7, 11) is 2.41. The molecule has 0 spiro atoms. The van der Waals surface area contributed by atoms with Crippen molar-refractivity contribution in [2.45, 2.75) is 25.3 Å². The second-order valence-electron chi connectivity index (χ2n) is 5.74. The molecule has 0 N–H and O–H groups in total. The Morgan fingerprint density at radius 3 is 2.88 bits per heavy atom. The first-order chi connectivity index (χ1) is 8.26. The molecule has 2 unspecified atom stereocenters. The minimum Gasteiger partial charge on any atom is -0.454 e. The molecule has 0 amide bonds. The second-order valence-corrected chi connectivity index (χ2v) is 5.74. The van der Waals surface area contributed by atoms with Crippen LogP contribution in [0, 0.1) is 0 Å². The highest BCUT2D eigenvalue weighted by Gasteiger charge is 2.43. The van der Waals surface area contributed by atoms with Gasteiger partial charge in [-0.2, -0.15) is 0 Å². The zero-order valence-electron chi connectivity index (χ0n) is 10.2. The van der Waals surface area contributed by atoms with Gasteiger partial charge in [0.25, 0.3) is 0 Å². The number of rotatable bonds is 0. The Balaban J connectivity index is 1.86. The molecule has 1 fully saturated rings. The smallest absolute Gasteiger partial charge is 0.231 e. The van der Waals surface area contributed by atoms with Crippen LogP contribution in [0.3, 0.4) is 0 Å². The molecule has 1 aromatic rings.